The molecule has 154 valence electrons. The van der Waals surface area contributed by atoms with Crippen molar-refractivity contribution < 1.29 is 13.8 Å². The van der Waals surface area contributed by atoms with Crippen LogP contribution in [0.2, 0.25) is 5.02 Å². The maximum atomic E-state index is 13.2. The summed E-state index contributed by atoms with van der Waals surface area (Å²) in [5.41, 5.74) is 2.74. The van der Waals surface area contributed by atoms with Gasteiger partial charge in [0.25, 0.3) is 11.8 Å². The molecule has 2 aliphatic rings. The number of imide groups is 1. The molecule has 1 atom stereocenters. The lowest BCUT2D eigenvalue weighted by Crippen LogP contribution is -2.31. The molecule has 2 aromatic carbocycles. The molecule has 1 unspecified atom stereocenters. The van der Waals surface area contributed by atoms with Gasteiger partial charge in [-0.3, -0.25) is 14.3 Å². The van der Waals surface area contributed by atoms with Crippen molar-refractivity contribution in [3.63, 3.8) is 0 Å². The zero-order chi connectivity index (χ0) is 21.6. The van der Waals surface area contributed by atoms with Gasteiger partial charge in [0.2, 0.25) is 0 Å². The predicted molar refractivity (Wildman–Crippen MR) is 120 cm³/mol. The van der Waals surface area contributed by atoms with Gasteiger partial charge in [0, 0.05) is 23.9 Å². The Bertz CT molecular complexity index is 1250. The second-order valence-electron chi connectivity index (χ2n) is 7.15. The fourth-order valence-electron chi connectivity index (χ4n) is 3.36. The van der Waals surface area contributed by atoms with E-state index in [2.05, 4.69) is 10.0 Å². The highest BCUT2D eigenvalue weighted by Crippen LogP contribution is 2.37. The van der Waals surface area contributed by atoms with Crippen molar-refractivity contribution in [1.29, 1.82) is 0 Å². The van der Waals surface area contributed by atoms with E-state index in [-0.39, 0.29) is 21.8 Å². The summed E-state index contributed by atoms with van der Waals surface area (Å²) < 4.78 is 16.0. The minimum atomic E-state index is -3.14. The molecule has 0 radical (unpaired) electrons. The van der Waals surface area contributed by atoms with E-state index in [0.717, 1.165) is 16.0 Å². The molecule has 2 amide bonds. The van der Waals surface area contributed by atoms with Gasteiger partial charge in [0.1, 0.15) is 8.68 Å². The zero-order valence-corrected chi connectivity index (χ0v) is 18.6. The summed E-state index contributed by atoms with van der Waals surface area (Å²) in [5, 5.41) is 3.18. The van der Waals surface area contributed by atoms with Crippen LogP contribution in [0.1, 0.15) is 33.2 Å². The number of carbonyl (C=O) groups excluding carboxylic acids is 2. The first-order chi connectivity index (χ1) is 14.2. The van der Waals surface area contributed by atoms with Gasteiger partial charge in [0.05, 0.1) is 32.4 Å². The Morgan fingerprint density at radius 3 is 2.40 bits per heavy atom. The molecule has 0 aromatic heterocycles. The molecule has 30 heavy (non-hydrogen) atoms. The van der Waals surface area contributed by atoms with Crippen molar-refractivity contribution in [2.75, 3.05) is 11.3 Å². The predicted octanol–water partition coefficient (Wildman–Crippen LogP) is 3.77. The van der Waals surface area contributed by atoms with Crippen molar-refractivity contribution in [1.82, 2.24) is 10.2 Å². The summed E-state index contributed by atoms with van der Waals surface area (Å²) in [7, 11) is -3.14. The Labute approximate surface area is 184 Å². The molecule has 6 nitrogen and oxygen atoms in total. The lowest BCUT2D eigenvalue weighted by molar-refractivity contribution is 0.0708. The standard InChI is InChI=1S/C21H18ClN3O3S2/c1-12-3-5-15(6-4-12)30(28,29)24-17-8-7-16(22)18-19(17)21(27)25(20(18)26)14-9-13(2)10-23-11-14/h3-9,11,23-24H,10H2,1-2H3. The van der Waals surface area contributed by atoms with Gasteiger partial charge in [-0.05, 0) is 44.2 Å². The Morgan fingerprint density at radius 1 is 1.07 bits per heavy atom. The molecular formula is C21H18ClN3O3S2. The molecule has 0 fully saturated rings. The van der Waals surface area contributed by atoms with Crippen molar-refractivity contribution >= 4 is 49.0 Å². The highest BCUT2D eigenvalue weighted by atomic mass is 35.5. The van der Waals surface area contributed by atoms with Crippen LogP contribution in [0, 0.1) is 6.92 Å². The average molecular weight is 460 g/mol. The van der Waals surface area contributed by atoms with Crippen molar-refractivity contribution in [3.05, 3.63) is 81.7 Å². The fraction of sp³-hybridized carbons (Fsp3) is 0.143. The number of anilines is 1. The molecule has 0 aliphatic carbocycles. The van der Waals surface area contributed by atoms with E-state index in [4.69, 9.17) is 22.8 Å². The number of dihydropyridines is 1. The number of carbonyl (C=O) groups is 2. The van der Waals surface area contributed by atoms with E-state index in [1.807, 2.05) is 26.0 Å². The summed E-state index contributed by atoms with van der Waals surface area (Å²) in [6, 6.07) is 9.99. The summed E-state index contributed by atoms with van der Waals surface area (Å²) >= 11 is 11.6. The molecule has 2 heterocycles. The first-order valence-electron chi connectivity index (χ1n) is 9.10. The first kappa shape index (κ1) is 20.6. The number of benzene rings is 2. The molecule has 2 aromatic rings. The summed E-state index contributed by atoms with van der Waals surface area (Å²) in [6.07, 6.45) is 3.37. The first-order valence-corrected chi connectivity index (χ1v) is 12.0. The molecule has 2 N–H and O–H groups in total. The Hall–Kier alpha value is -2.68. The van der Waals surface area contributed by atoms with Gasteiger partial charge >= 0.3 is 0 Å². The van der Waals surface area contributed by atoms with Crippen molar-refractivity contribution in [2.24, 2.45) is 0 Å². The lowest BCUT2D eigenvalue weighted by atomic mass is 10.1. The normalized spacial score (nSPS) is 17.6. The number of amides is 2. The summed E-state index contributed by atoms with van der Waals surface area (Å²) in [4.78, 5) is 27.8. The largest absolute Gasteiger partial charge is 0.385 e. The number of hydrogen-bond acceptors (Lipinski definition) is 5. The maximum Gasteiger partial charge on any atom is 0.268 e. The number of nitrogens with zero attached hydrogens (tertiary/aromatic N) is 1. The maximum absolute atomic E-state index is 13.2. The lowest BCUT2D eigenvalue weighted by Gasteiger charge is -2.20. The number of aryl methyl sites for hydroxylation is 1. The van der Waals surface area contributed by atoms with Crippen molar-refractivity contribution in [3.8, 4) is 0 Å². The minimum absolute atomic E-state index is 0.0645. The average Bonchev–Trinajstić information content (AvgIpc) is 2.96. The van der Waals surface area contributed by atoms with Crippen LogP contribution < -0.4 is 10.0 Å². The third-order valence-electron chi connectivity index (χ3n) is 4.85. The van der Waals surface area contributed by atoms with Crippen LogP contribution in [0.3, 0.4) is 0 Å². The molecular weight excluding hydrogens is 442 g/mol. The van der Waals surface area contributed by atoms with Crippen LogP contribution in [0.25, 0.3) is 0 Å². The molecule has 4 rings (SSSR count). The summed E-state index contributed by atoms with van der Waals surface area (Å²) in [5.74, 6) is -1.08. The van der Waals surface area contributed by atoms with Gasteiger partial charge < -0.3 is 5.32 Å². The SMILES string of the molecule is CC1=CC(N2C(=O)c3c(Cl)ccc(NS(=O)(=S)c4ccc(C)cc4)c3C2=O)=CNC1. The number of allylic oxidation sites excluding steroid dienone is 1. The van der Waals surface area contributed by atoms with Gasteiger partial charge in [-0.15, -0.1) is 0 Å². The van der Waals surface area contributed by atoms with Crippen LogP contribution >= 0.6 is 11.6 Å². The quantitative estimate of drug-likeness (QED) is 0.680. The molecule has 9 heteroatoms. The van der Waals surface area contributed by atoms with Crippen LogP contribution in [0.15, 0.2) is 64.8 Å². The second kappa shape index (κ2) is 7.54. The zero-order valence-electron chi connectivity index (χ0n) is 16.2. The van der Waals surface area contributed by atoms with Crippen LogP contribution in [0.5, 0.6) is 0 Å². The number of nitrogens with one attached hydrogen (secondary N) is 2. The molecule has 0 saturated carbocycles. The number of hydrogen-bond donors (Lipinski definition) is 2. The van der Waals surface area contributed by atoms with Gasteiger partial charge in [-0.2, -0.15) is 0 Å². The third-order valence-corrected chi connectivity index (χ3v) is 7.37. The van der Waals surface area contributed by atoms with Gasteiger partial charge in [-0.25, -0.2) is 9.11 Å². The van der Waals surface area contributed by atoms with E-state index < -0.39 is 20.5 Å². The number of halogens is 1. The van der Waals surface area contributed by atoms with Gasteiger partial charge in [0.15, 0.2) is 0 Å². The van der Waals surface area contributed by atoms with Crippen LogP contribution in [0.4, 0.5) is 5.69 Å². The topological polar surface area (TPSA) is 78.5 Å². The number of fused-ring (bicyclic) bond motifs is 1. The Kier molecular flexibility index (Phi) is 5.17. The second-order valence-corrected chi connectivity index (χ2v) is 10.6. The van der Waals surface area contributed by atoms with E-state index in [1.54, 1.807) is 24.4 Å². The third kappa shape index (κ3) is 3.51. The van der Waals surface area contributed by atoms with Crippen LogP contribution in [-0.4, -0.2) is 27.5 Å². The minimum Gasteiger partial charge on any atom is -0.385 e. The highest BCUT2D eigenvalue weighted by Gasteiger charge is 2.41. The summed E-state index contributed by atoms with van der Waals surface area (Å²) in [6.45, 7) is 4.44. The van der Waals surface area contributed by atoms with E-state index in [9.17, 15) is 13.8 Å². The van der Waals surface area contributed by atoms with Gasteiger partial charge in [-0.1, -0.05) is 34.9 Å². The highest BCUT2D eigenvalue weighted by molar-refractivity contribution is 8.33. The molecule has 0 bridgehead atoms. The molecule has 0 saturated heterocycles. The monoisotopic (exact) mass is 459 g/mol. The van der Waals surface area contributed by atoms with Crippen LogP contribution in [-0.2, 0) is 19.9 Å². The van der Waals surface area contributed by atoms with Crippen molar-refractivity contribution in [2.45, 2.75) is 18.7 Å². The van der Waals surface area contributed by atoms with E-state index in [1.165, 1.54) is 12.1 Å². The molecule has 2 aliphatic heterocycles. The fourth-order valence-corrected chi connectivity index (χ4v) is 5.27. The Morgan fingerprint density at radius 2 is 1.73 bits per heavy atom. The Balaban J connectivity index is 1.77. The van der Waals surface area contributed by atoms with E-state index >= 15 is 0 Å². The number of rotatable bonds is 4. The molecule has 0 spiro atoms. The van der Waals surface area contributed by atoms with E-state index in [0.29, 0.717) is 17.1 Å². The smallest absolute Gasteiger partial charge is 0.268 e.